The van der Waals surface area contributed by atoms with Gasteiger partial charge in [0.05, 0.1) is 6.07 Å². The van der Waals surface area contributed by atoms with E-state index < -0.39 is 12.8 Å². The van der Waals surface area contributed by atoms with Crippen LogP contribution in [0.1, 0.15) is 12.5 Å². The Morgan fingerprint density at radius 2 is 1.28 bits per heavy atom. The second-order valence-corrected chi connectivity index (χ2v) is 9.67. The van der Waals surface area contributed by atoms with Gasteiger partial charge in [0.15, 0.2) is 0 Å². The predicted octanol–water partition coefficient (Wildman–Crippen LogP) is 5.10. The van der Waals surface area contributed by atoms with Gasteiger partial charge >= 0.3 is 0 Å². The van der Waals surface area contributed by atoms with E-state index >= 15 is 0 Å². The number of nitriles is 1. The smallest absolute Gasteiger partial charge is 0.206 e. The first-order valence-corrected chi connectivity index (χ1v) is 11.2. The molecule has 1 atom stereocenters. The van der Waals surface area contributed by atoms with Crippen LogP contribution in [-0.4, -0.2) is 0 Å². The average Bonchev–Trinajstić information content (AvgIpc) is 2.79. The maximum absolute atomic E-state index is 14.4. The Kier molecular flexibility index (Phi) is 5.07. The zero-order chi connectivity index (χ0) is 20.3. The fourth-order valence-electron chi connectivity index (χ4n) is 3.52. The third-order valence-electron chi connectivity index (χ3n) is 5.17. The van der Waals surface area contributed by atoms with Gasteiger partial charge in [-0.1, -0.05) is 72.8 Å². The summed E-state index contributed by atoms with van der Waals surface area (Å²) in [6.45, 7) is 1.79. The molecule has 0 amide bonds. The first-order valence-electron chi connectivity index (χ1n) is 9.46. The van der Waals surface area contributed by atoms with Crippen molar-refractivity contribution in [3.8, 4) is 6.07 Å². The first kappa shape index (κ1) is 19.2. The number of nitrogens with one attached hydrogen (secondary N) is 1. The van der Waals surface area contributed by atoms with Gasteiger partial charge in [0, 0.05) is 10.6 Å². The molecule has 0 spiro atoms. The molecule has 3 nitrogen and oxygen atoms in total. The van der Waals surface area contributed by atoms with E-state index in [1.54, 1.807) is 6.92 Å². The molecule has 0 radical (unpaired) electrons. The number of hydrogen-bond donors (Lipinski definition) is 1. The summed E-state index contributed by atoms with van der Waals surface area (Å²) in [4.78, 5) is 0. The maximum atomic E-state index is 14.4. The summed E-state index contributed by atoms with van der Waals surface area (Å²) >= 11 is 0. The van der Waals surface area contributed by atoms with Crippen LogP contribution in [-0.2, 0) is 10.1 Å². The molecule has 0 heterocycles. The summed E-state index contributed by atoms with van der Waals surface area (Å²) in [5, 5.41) is 16.9. The Morgan fingerprint density at radius 3 is 1.83 bits per heavy atom. The molecule has 4 aromatic rings. The summed E-state index contributed by atoms with van der Waals surface area (Å²) in [6, 6.07) is 35.0. The van der Waals surface area contributed by atoms with Crippen molar-refractivity contribution in [1.29, 1.82) is 5.26 Å². The van der Waals surface area contributed by atoms with Gasteiger partial charge in [0.1, 0.15) is 5.54 Å². The van der Waals surface area contributed by atoms with Gasteiger partial charge in [-0.15, -0.1) is 0 Å². The maximum Gasteiger partial charge on any atom is 0.206 e. The Labute approximate surface area is 171 Å². The fraction of sp³-hybridized carbons (Fsp3) is 0.0800. The molecule has 0 aliphatic heterocycles. The highest BCUT2D eigenvalue weighted by Crippen LogP contribution is 2.43. The van der Waals surface area contributed by atoms with Crippen LogP contribution in [0.4, 0.5) is 0 Å². The number of benzene rings is 4. The number of nitrogens with zero attached hydrogens (tertiary/aromatic N) is 1. The molecule has 4 aromatic carbocycles. The lowest BCUT2D eigenvalue weighted by molar-refractivity contribution is 0.533. The fourth-order valence-corrected chi connectivity index (χ4v) is 6.07. The lowest BCUT2D eigenvalue weighted by atomic mass is 9.93. The number of hydrogen-bond acceptors (Lipinski definition) is 2. The molecule has 4 rings (SSSR count). The molecule has 1 N–H and O–H groups in total. The molecule has 142 valence electrons. The van der Waals surface area contributed by atoms with E-state index in [4.69, 9.17) is 0 Å². The monoisotopic (exact) mass is 396 g/mol. The van der Waals surface area contributed by atoms with E-state index in [1.807, 2.05) is 103 Å². The zero-order valence-electron chi connectivity index (χ0n) is 16.1. The third-order valence-corrected chi connectivity index (χ3v) is 7.98. The van der Waals surface area contributed by atoms with Crippen LogP contribution in [0.3, 0.4) is 0 Å². The van der Waals surface area contributed by atoms with Crippen LogP contribution in [0.15, 0.2) is 103 Å². The Balaban J connectivity index is 1.85. The van der Waals surface area contributed by atoms with Gasteiger partial charge < -0.3 is 0 Å². The molecule has 0 fully saturated rings. The molecule has 0 bridgehead atoms. The van der Waals surface area contributed by atoms with E-state index in [9.17, 15) is 9.83 Å². The van der Waals surface area contributed by atoms with Crippen LogP contribution in [0, 0.1) is 11.3 Å². The summed E-state index contributed by atoms with van der Waals surface area (Å²) in [5.41, 5.74) is -0.351. The lowest BCUT2D eigenvalue weighted by Gasteiger charge is -2.31. The Bertz CT molecular complexity index is 1190. The van der Waals surface area contributed by atoms with Crippen molar-refractivity contribution in [3.05, 3.63) is 109 Å². The van der Waals surface area contributed by atoms with Gasteiger partial charge in [-0.05, 0) is 53.6 Å². The molecule has 29 heavy (non-hydrogen) atoms. The molecule has 0 saturated heterocycles. The molecular weight excluding hydrogens is 375 g/mol. The Morgan fingerprint density at radius 1 is 0.759 bits per heavy atom. The summed E-state index contributed by atoms with van der Waals surface area (Å²) in [7, 11) is -3.26. The minimum Gasteiger partial charge on any atom is -0.296 e. The van der Waals surface area contributed by atoms with Gasteiger partial charge in [-0.3, -0.25) is 4.57 Å². The largest absolute Gasteiger partial charge is 0.296 e. The van der Waals surface area contributed by atoms with E-state index in [2.05, 4.69) is 11.2 Å². The first-order chi connectivity index (χ1) is 14.0. The number of fused-ring (bicyclic) bond motifs is 1. The van der Waals surface area contributed by atoms with E-state index in [1.165, 1.54) is 0 Å². The molecule has 0 unspecified atom stereocenters. The normalized spacial score (nSPS) is 13.5. The quantitative estimate of drug-likeness (QED) is 0.478. The molecule has 4 heteroatoms. The highest BCUT2D eigenvalue weighted by atomic mass is 31.2. The SMILES string of the molecule is C[C@@](C#N)(NP(=O)(c1ccccc1)c1ccccc1)c1ccc2ccccc2c1. The Hall–Kier alpha value is -3.18. The van der Waals surface area contributed by atoms with Gasteiger partial charge in [-0.2, -0.15) is 5.26 Å². The van der Waals surface area contributed by atoms with E-state index in [0.29, 0.717) is 10.6 Å². The van der Waals surface area contributed by atoms with Crippen LogP contribution in [0.25, 0.3) is 10.8 Å². The highest BCUT2D eigenvalue weighted by molar-refractivity contribution is 7.77. The van der Waals surface area contributed by atoms with Crippen molar-refractivity contribution in [2.45, 2.75) is 12.5 Å². The third kappa shape index (κ3) is 3.61. The van der Waals surface area contributed by atoms with Crippen LogP contribution in [0.5, 0.6) is 0 Å². The standard InChI is InChI=1S/C25H21N2OP/c1-25(19-26,22-17-16-20-10-8-9-11-21(20)18-22)27-29(28,23-12-4-2-5-13-23)24-14-6-3-7-15-24/h2-18H,1H3,(H,27,28)/t25-/m0/s1. The molecular formula is C25H21N2OP. The minimum absolute atomic E-state index is 0.675. The van der Waals surface area contributed by atoms with Crippen molar-refractivity contribution in [1.82, 2.24) is 5.09 Å². The van der Waals surface area contributed by atoms with Crippen molar-refractivity contribution >= 4 is 28.7 Å². The van der Waals surface area contributed by atoms with Crippen LogP contribution in [0.2, 0.25) is 0 Å². The molecule has 0 aliphatic rings. The predicted molar refractivity (Wildman–Crippen MR) is 120 cm³/mol. The van der Waals surface area contributed by atoms with Crippen molar-refractivity contribution in [3.63, 3.8) is 0 Å². The second kappa shape index (κ2) is 7.68. The van der Waals surface area contributed by atoms with Gasteiger partial charge in [0.25, 0.3) is 0 Å². The van der Waals surface area contributed by atoms with Crippen molar-refractivity contribution in [2.75, 3.05) is 0 Å². The van der Waals surface area contributed by atoms with Gasteiger partial charge in [0.2, 0.25) is 7.29 Å². The summed E-state index contributed by atoms with van der Waals surface area (Å²) < 4.78 is 14.4. The summed E-state index contributed by atoms with van der Waals surface area (Å²) in [6.07, 6.45) is 0. The van der Waals surface area contributed by atoms with Crippen LogP contribution < -0.4 is 15.7 Å². The summed E-state index contributed by atoms with van der Waals surface area (Å²) in [5.74, 6) is 0. The minimum atomic E-state index is -3.26. The van der Waals surface area contributed by atoms with Crippen molar-refractivity contribution < 1.29 is 4.57 Å². The lowest BCUT2D eigenvalue weighted by Crippen LogP contribution is -2.41. The number of rotatable bonds is 5. The average molecular weight is 396 g/mol. The highest BCUT2D eigenvalue weighted by Gasteiger charge is 2.37. The van der Waals surface area contributed by atoms with Crippen LogP contribution >= 0.6 is 7.29 Å². The zero-order valence-corrected chi connectivity index (χ0v) is 17.0. The van der Waals surface area contributed by atoms with E-state index in [0.717, 1.165) is 16.3 Å². The topological polar surface area (TPSA) is 52.9 Å². The van der Waals surface area contributed by atoms with Crippen molar-refractivity contribution in [2.24, 2.45) is 0 Å². The van der Waals surface area contributed by atoms with E-state index in [-0.39, 0.29) is 0 Å². The molecule has 0 saturated carbocycles. The van der Waals surface area contributed by atoms with Gasteiger partial charge in [-0.25, -0.2) is 5.09 Å². The molecule has 0 aliphatic carbocycles. The second-order valence-electron chi connectivity index (χ2n) is 7.19. The molecule has 0 aromatic heterocycles.